The van der Waals surface area contributed by atoms with Crippen LogP contribution in [0.4, 0.5) is 5.69 Å². The van der Waals surface area contributed by atoms with Gasteiger partial charge in [-0.3, -0.25) is 0 Å². The van der Waals surface area contributed by atoms with Gasteiger partial charge in [-0.1, -0.05) is 12.1 Å². The van der Waals surface area contributed by atoms with Gasteiger partial charge in [0.2, 0.25) is 0 Å². The van der Waals surface area contributed by atoms with Crippen LogP contribution in [0.15, 0.2) is 24.3 Å². The summed E-state index contributed by atoms with van der Waals surface area (Å²) in [5.41, 5.74) is 2.56. The zero-order valence-corrected chi connectivity index (χ0v) is 12.2. The van der Waals surface area contributed by atoms with Gasteiger partial charge in [-0.25, -0.2) is 0 Å². The van der Waals surface area contributed by atoms with Crippen molar-refractivity contribution in [2.75, 3.05) is 39.2 Å². The van der Waals surface area contributed by atoms with Crippen LogP contribution in [0.3, 0.4) is 0 Å². The molecule has 1 aliphatic heterocycles. The van der Waals surface area contributed by atoms with Crippen LogP contribution in [0, 0.1) is 5.92 Å². The predicted molar refractivity (Wildman–Crippen MR) is 80.5 cm³/mol. The van der Waals surface area contributed by atoms with Crippen molar-refractivity contribution in [1.29, 1.82) is 0 Å². The van der Waals surface area contributed by atoms with Crippen molar-refractivity contribution in [1.82, 2.24) is 4.90 Å². The molecule has 3 heteroatoms. The lowest BCUT2D eigenvalue weighted by molar-refractivity contribution is 0.0608. The monoisotopic (exact) mass is 262 g/mol. The Hall–Kier alpha value is -1.06. The second-order valence-electron chi connectivity index (χ2n) is 5.53. The fourth-order valence-electron chi connectivity index (χ4n) is 2.61. The van der Waals surface area contributed by atoms with Crippen molar-refractivity contribution in [3.63, 3.8) is 0 Å². The van der Waals surface area contributed by atoms with Crippen LogP contribution in [0.25, 0.3) is 0 Å². The summed E-state index contributed by atoms with van der Waals surface area (Å²) < 4.78 is 5.40. The fraction of sp³-hybridized carbons (Fsp3) is 0.625. The summed E-state index contributed by atoms with van der Waals surface area (Å²) in [6.07, 6.45) is 3.78. The standard InChI is InChI=1S/C16H26N2O/c1-17-16-5-3-15(4-6-16)13-18(2)10-7-14-8-11-19-12-9-14/h3-6,14,17H,7-13H2,1-2H3. The van der Waals surface area contributed by atoms with Crippen LogP contribution in [-0.2, 0) is 11.3 Å². The third-order valence-electron chi connectivity index (χ3n) is 3.96. The zero-order chi connectivity index (χ0) is 13.5. The van der Waals surface area contributed by atoms with Crippen LogP contribution < -0.4 is 5.32 Å². The average molecular weight is 262 g/mol. The molecule has 0 radical (unpaired) electrons. The molecule has 0 spiro atoms. The Kier molecular flexibility index (Phi) is 5.67. The molecule has 0 saturated carbocycles. The number of benzene rings is 1. The molecule has 3 nitrogen and oxygen atoms in total. The maximum Gasteiger partial charge on any atom is 0.0468 e. The predicted octanol–water partition coefficient (Wildman–Crippen LogP) is 2.98. The lowest BCUT2D eigenvalue weighted by Gasteiger charge is -2.24. The van der Waals surface area contributed by atoms with E-state index in [1.165, 1.54) is 37.1 Å². The van der Waals surface area contributed by atoms with Crippen molar-refractivity contribution >= 4 is 5.69 Å². The van der Waals surface area contributed by atoms with Gasteiger partial charge in [-0.2, -0.15) is 0 Å². The van der Waals surface area contributed by atoms with Gasteiger partial charge < -0.3 is 15.0 Å². The van der Waals surface area contributed by atoms with E-state index in [2.05, 4.69) is 41.5 Å². The summed E-state index contributed by atoms with van der Waals surface area (Å²) in [7, 11) is 4.17. The molecule has 0 aliphatic carbocycles. The number of nitrogens with zero attached hydrogens (tertiary/aromatic N) is 1. The summed E-state index contributed by atoms with van der Waals surface area (Å²) in [5.74, 6) is 0.864. The van der Waals surface area contributed by atoms with E-state index in [1.807, 2.05) is 7.05 Å². The molecule has 2 rings (SSSR count). The van der Waals surface area contributed by atoms with Crippen molar-refractivity contribution in [3.05, 3.63) is 29.8 Å². The van der Waals surface area contributed by atoms with E-state index < -0.39 is 0 Å². The number of hydrogen-bond acceptors (Lipinski definition) is 3. The first-order valence-corrected chi connectivity index (χ1v) is 7.31. The molecule has 19 heavy (non-hydrogen) atoms. The van der Waals surface area contributed by atoms with Crippen LogP contribution in [0.2, 0.25) is 0 Å². The minimum Gasteiger partial charge on any atom is -0.388 e. The van der Waals surface area contributed by atoms with Gasteiger partial charge >= 0.3 is 0 Å². The van der Waals surface area contributed by atoms with Crippen LogP contribution in [0.5, 0.6) is 0 Å². The third-order valence-corrected chi connectivity index (χ3v) is 3.96. The normalized spacial score (nSPS) is 16.8. The molecule has 1 saturated heterocycles. The zero-order valence-electron chi connectivity index (χ0n) is 12.2. The van der Waals surface area contributed by atoms with Gasteiger partial charge in [0.1, 0.15) is 0 Å². The Morgan fingerprint density at radius 2 is 1.89 bits per heavy atom. The first-order chi connectivity index (χ1) is 9.28. The van der Waals surface area contributed by atoms with E-state index in [9.17, 15) is 0 Å². The first kappa shape index (κ1) is 14.4. The minimum atomic E-state index is 0.864. The summed E-state index contributed by atoms with van der Waals surface area (Å²) in [4.78, 5) is 2.42. The number of hydrogen-bond donors (Lipinski definition) is 1. The molecule has 1 aliphatic rings. The van der Waals surface area contributed by atoms with Gasteiger partial charge in [-0.15, -0.1) is 0 Å². The smallest absolute Gasteiger partial charge is 0.0468 e. The second-order valence-corrected chi connectivity index (χ2v) is 5.53. The van der Waals surface area contributed by atoms with E-state index >= 15 is 0 Å². The molecule has 1 N–H and O–H groups in total. The van der Waals surface area contributed by atoms with E-state index in [-0.39, 0.29) is 0 Å². The Bertz CT molecular complexity index is 358. The van der Waals surface area contributed by atoms with Gasteiger partial charge in [0.15, 0.2) is 0 Å². The highest BCUT2D eigenvalue weighted by molar-refractivity contribution is 5.43. The van der Waals surface area contributed by atoms with Gasteiger partial charge in [0.25, 0.3) is 0 Å². The van der Waals surface area contributed by atoms with Crippen LogP contribution >= 0.6 is 0 Å². The maximum atomic E-state index is 5.40. The third kappa shape index (κ3) is 4.84. The van der Waals surface area contributed by atoms with E-state index in [0.29, 0.717) is 0 Å². The number of anilines is 1. The van der Waals surface area contributed by atoms with Crippen molar-refractivity contribution in [3.8, 4) is 0 Å². The Morgan fingerprint density at radius 3 is 2.53 bits per heavy atom. The number of rotatable bonds is 6. The Balaban J connectivity index is 1.71. The second kappa shape index (κ2) is 7.51. The molecule has 0 atom stereocenters. The number of ether oxygens (including phenoxy) is 1. The van der Waals surface area contributed by atoms with Crippen LogP contribution in [0.1, 0.15) is 24.8 Å². The van der Waals surface area contributed by atoms with Gasteiger partial charge in [0.05, 0.1) is 0 Å². The fourth-order valence-corrected chi connectivity index (χ4v) is 2.61. The summed E-state index contributed by atoms with van der Waals surface area (Å²) in [6.45, 7) is 4.13. The van der Waals surface area contributed by atoms with Gasteiger partial charge in [0, 0.05) is 32.5 Å². The molecule has 1 aromatic carbocycles. The average Bonchev–Trinajstić information content (AvgIpc) is 2.47. The summed E-state index contributed by atoms with van der Waals surface area (Å²) in [5, 5.41) is 3.15. The molecular formula is C16H26N2O. The van der Waals surface area contributed by atoms with Gasteiger partial charge in [-0.05, 0) is 56.5 Å². The highest BCUT2D eigenvalue weighted by Crippen LogP contribution is 2.19. The van der Waals surface area contributed by atoms with E-state index in [0.717, 1.165) is 25.7 Å². The largest absolute Gasteiger partial charge is 0.388 e. The Labute approximate surface area is 116 Å². The molecular weight excluding hydrogens is 236 g/mol. The molecule has 1 aromatic rings. The topological polar surface area (TPSA) is 24.5 Å². The molecule has 0 amide bonds. The molecule has 106 valence electrons. The van der Waals surface area contributed by atoms with Crippen LogP contribution in [-0.4, -0.2) is 38.8 Å². The lowest BCUT2D eigenvalue weighted by Crippen LogP contribution is -2.24. The number of nitrogens with one attached hydrogen (secondary N) is 1. The molecule has 0 bridgehead atoms. The van der Waals surface area contributed by atoms with Crippen molar-refractivity contribution < 1.29 is 4.74 Å². The SMILES string of the molecule is CNc1ccc(CN(C)CCC2CCOCC2)cc1. The van der Waals surface area contributed by atoms with Crippen molar-refractivity contribution in [2.45, 2.75) is 25.8 Å². The quantitative estimate of drug-likeness (QED) is 0.853. The minimum absolute atomic E-state index is 0.864. The molecule has 1 heterocycles. The molecule has 0 aromatic heterocycles. The molecule has 0 unspecified atom stereocenters. The Morgan fingerprint density at radius 1 is 1.21 bits per heavy atom. The maximum absolute atomic E-state index is 5.40. The van der Waals surface area contributed by atoms with E-state index in [4.69, 9.17) is 4.74 Å². The summed E-state index contributed by atoms with van der Waals surface area (Å²) in [6, 6.07) is 8.69. The van der Waals surface area contributed by atoms with Crippen molar-refractivity contribution in [2.24, 2.45) is 5.92 Å². The molecule has 1 fully saturated rings. The first-order valence-electron chi connectivity index (χ1n) is 7.31. The highest BCUT2D eigenvalue weighted by atomic mass is 16.5. The van der Waals surface area contributed by atoms with E-state index in [1.54, 1.807) is 0 Å². The lowest BCUT2D eigenvalue weighted by atomic mass is 9.96. The summed E-state index contributed by atoms with van der Waals surface area (Å²) >= 11 is 0. The highest BCUT2D eigenvalue weighted by Gasteiger charge is 2.14.